The standard InChI is InChI=1S/C12H15ClN2O/c1-3-7(2)11(13)8-4-5-9-10(6-8)15-12(16)14-9/h4-7,11H,3H2,1-2H3,(H2,14,15,16). The molecule has 0 radical (unpaired) electrons. The summed E-state index contributed by atoms with van der Waals surface area (Å²) in [5.41, 5.74) is 2.51. The van der Waals surface area contributed by atoms with Crippen LogP contribution in [0.5, 0.6) is 0 Å². The molecule has 2 unspecified atom stereocenters. The zero-order chi connectivity index (χ0) is 11.7. The number of benzene rings is 1. The van der Waals surface area contributed by atoms with Gasteiger partial charge in [-0.3, -0.25) is 0 Å². The van der Waals surface area contributed by atoms with Crippen LogP contribution in [0.15, 0.2) is 23.0 Å². The van der Waals surface area contributed by atoms with Crippen molar-refractivity contribution in [3.05, 3.63) is 34.2 Å². The molecule has 1 heterocycles. The number of nitrogens with one attached hydrogen (secondary N) is 2. The zero-order valence-corrected chi connectivity index (χ0v) is 10.1. The Balaban J connectivity index is 2.42. The summed E-state index contributed by atoms with van der Waals surface area (Å²) in [6, 6.07) is 5.80. The number of fused-ring (bicyclic) bond motifs is 1. The number of hydrogen-bond acceptors (Lipinski definition) is 1. The van der Waals surface area contributed by atoms with Crippen LogP contribution in [0.3, 0.4) is 0 Å². The normalized spacial score (nSPS) is 15.2. The molecule has 0 bridgehead atoms. The van der Waals surface area contributed by atoms with Crippen LogP contribution < -0.4 is 5.69 Å². The molecule has 0 aliphatic carbocycles. The van der Waals surface area contributed by atoms with E-state index in [9.17, 15) is 4.79 Å². The molecule has 3 nitrogen and oxygen atoms in total. The van der Waals surface area contributed by atoms with Gasteiger partial charge in [0.1, 0.15) is 0 Å². The van der Waals surface area contributed by atoms with Crippen molar-refractivity contribution < 1.29 is 0 Å². The van der Waals surface area contributed by atoms with E-state index in [-0.39, 0.29) is 11.1 Å². The Morgan fingerprint density at radius 3 is 2.69 bits per heavy atom. The second kappa shape index (κ2) is 4.34. The highest BCUT2D eigenvalue weighted by molar-refractivity contribution is 6.21. The van der Waals surface area contributed by atoms with Crippen molar-refractivity contribution in [3.63, 3.8) is 0 Å². The van der Waals surface area contributed by atoms with Gasteiger partial charge in [-0.1, -0.05) is 26.3 Å². The molecule has 0 aliphatic heterocycles. The number of aromatic amines is 2. The van der Waals surface area contributed by atoms with Gasteiger partial charge in [-0.25, -0.2) is 4.79 Å². The van der Waals surface area contributed by atoms with Crippen LogP contribution in [0.1, 0.15) is 31.2 Å². The van der Waals surface area contributed by atoms with Gasteiger partial charge in [0, 0.05) is 0 Å². The van der Waals surface area contributed by atoms with Gasteiger partial charge in [0.05, 0.1) is 16.4 Å². The summed E-state index contributed by atoms with van der Waals surface area (Å²) < 4.78 is 0. The van der Waals surface area contributed by atoms with Crippen LogP contribution in [0.2, 0.25) is 0 Å². The number of aromatic nitrogens is 2. The molecule has 0 amide bonds. The highest BCUT2D eigenvalue weighted by Crippen LogP contribution is 2.31. The highest BCUT2D eigenvalue weighted by atomic mass is 35.5. The Morgan fingerprint density at radius 1 is 1.31 bits per heavy atom. The lowest BCUT2D eigenvalue weighted by atomic mass is 9.98. The number of alkyl halides is 1. The number of halogens is 1. The molecule has 0 fully saturated rings. The fraction of sp³-hybridized carbons (Fsp3) is 0.417. The molecule has 0 aliphatic rings. The second-order valence-electron chi connectivity index (χ2n) is 4.17. The molecular formula is C12H15ClN2O. The van der Waals surface area contributed by atoms with E-state index in [1.165, 1.54) is 0 Å². The quantitative estimate of drug-likeness (QED) is 0.793. The molecule has 0 spiro atoms. The van der Waals surface area contributed by atoms with Gasteiger partial charge < -0.3 is 9.97 Å². The van der Waals surface area contributed by atoms with Crippen molar-refractivity contribution in [2.75, 3.05) is 0 Å². The van der Waals surface area contributed by atoms with Gasteiger partial charge in [0.15, 0.2) is 0 Å². The molecular weight excluding hydrogens is 224 g/mol. The largest absolute Gasteiger partial charge is 0.323 e. The number of rotatable bonds is 3. The second-order valence-corrected chi connectivity index (χ2v) is 4.64. The van der Waals surface area contributed by atoms with Crippen LogP contribution >= 0.6 is 11.6 Å². The predicted octanol–water partition coefficient (Wildman–Crippen LogP) is 3.18. The van der Waals surface area contributed by atoms with Crippen molar-refractivity contribution in [2.24, 2.45) is 5.92 Å². The summed E-state index contributed by atoms with van der Waals surface area (Å²) in [4.78, 5) is 16.6. The molecule has 1 aromatic heterocycles. The highest BCUT2D eigenvalue weighted by Gasteiger charge is 2.15. The summed E-state index contributed by atoms with van der Waals surface area (Å²) in [5.74, 6) is 0.421. The monoisotopic (exact) mass is 238 g/mol. The van der Waals surface area contributed by atoms with Gasteiger partial charge in [-0.05, 0) is 23.6 Å². The first-order valence-electron chi connectivity index (χ1n) is 5.48. The third-order valence-corrected chi connectivity index (χ3v) is 3.68. The molecule has 0 saturated carbocycles. The molecule has 0 saturated heterocycles. The van der Waals surface area contributed by atoms with Crippen molar-refractivity contribution in [1.82, 2.24) is 9.97 Å². The van der Waals surface area contributed by atoms with Gasteiger partial charge in [0.25, 0.3) is 0 Å². The smallest absolute Gasteiger partial charge is 0.306 e. The summed E-state index contributed by atoms with van der Waals surface area (Å²) in [7, 11) is 0. The summed E-state index contributed by atoms with van der Waals surface area (Å²) in [6.07, 6.45) is 1.04. The lowest BCUT2D eigenvalue weighted by Gasteiger charge is -2.16. The maximum atomic E-state index is 11.1. The first kappa shape index (κ1) is 11.3. The summed E-state index contributed by atoms with van der Waals surface area (Å²) in [5, 5.41) is -0.00666. The minimum absolute atomic E-state index is 0.00666. The van der Waals surface area contributed by atoms with E-state index < -0.39 is 0 Å². The van der Waals surface area contributed by atoms with E-state index in [0.717, 1.165) is 23.0 Å². The van der Waals surface area contributed by atoms with Crippen molar-refractivity contribution in [1.29, 1.82) is 0 Å². The first-order valence-corrected chi connectivity index (χ1v) is 5.91. The van der Waals surface area contributed by atoms with E-state index in [1.54, 1.807) is 0 Å². The Kier molecular flexibility index (Phi) is 3.06. The van der Waals surface area contributed by atoms with Crippen LogP contribution in [-0.4, -0.2) is 9.97 Å². The maximum absolute atomic E-state index is 11.1. The fourth-order valence-electron chi connectivity index (χ4n) is 1.76. The molecule has 4 heteroatoms. The fourth-order valence-corrected chi connectivity index (χ4v) is 2.07. The molecule has 2 rings (SSSR count). The van der Waals surface area contributed by atoms with Crippen LogP contribution in [0, 0.1) is 5.92 Å². The average Bonchev–Trinajstić information content (AvgIpc) is 2.65. The lowest BCUT2D eigenvalue weighted by Crippen LogP contribution is -2.02. The van der Waals surface area contributed by atoms with Crippen LogP contribution in [0.25, 0.3) is 11.0 Å². The SMILES string of the molecule is CCC(C)C(Cl)c1ccc2[nH]c(=O)[nH]c2c1. The summed E-state index contributed by atoms with van der Waals surface area (Å²) >= 11 is 6.36. The molecule has 2 atom stereocenters. The van der Waals surface area contributed by atoms with Crippen molar-refractivity contribution >= 4 is 22.6 Å². The third-order valence-electron chi connectivity index (χ3n) is 3.00. The zero-order valence-electron chi connectivity index (χ0n) is 9.38. The van der Waals surface area contributed by atoms with E-state index in [2.05, 4.69) is 23.8 Å². The van der Waals surface area contributed by atoms with E-state index >= 15 is 0 Å². The maximum Gasteiger partial charge on any atom is 0.323 e. The van der Waals surface area contributed by atoms with Crippen LogP contribution in [0.4, 0.5) is 0 Å². The van der Waals surface area contributed by atoms with E-state index in [4.69, 9.17) is 11.6 Å². The Labute approximate surface area is 98.8 Å². The minimum Gasteiger partial charge on any atom is -0.306 e. The molecule has 16 heavy (non-hydrogen) atoms. The van der Waals surface area contributed by atoms with Gasteiger partial charge in [0.2, 0.25) is 0 Å². The van der Waals surface area contributed by atoms with Gasteiger partial charge in [-0.15, -0.1) is 11.6 Å². The lowest BCUT2D eigenvalue weighted by molar-refractivity contribution is 0.543. The first-order chi connectivity index (χ1) is 7.61. The van der Waals surface area contributed by atoms with Crippen LogP contribution in [-0.2, 0) is 0 Å². The average molecular weight is 239 g/mol. The minimum atomic E-state index is -0.179. The molecule has 86 valence electrons. The number of hydrogen-bond donors (Lipinski definition) is 2. The topological polar surface area (TPSA) is 48.6 Å². The Bertz CT molecular complexity index is 543. The van der Waals surface area contributed by atoms with Gasteiger partial charge >= 0.3 is 5.69 Å². The van der Waals surface area contributed by atoms with E-state index in [0.29, 0.717) is 5.92 Å². The Morgan fingerprint density at radius 2 is 2.00 bits per heavy atom. The molecule has 2 N–H and O–H groups in total. The van der Waals surface area contributed by atoms with Crippen molar-refractivity contribution in [2.45, 2.75) is 25.6 Å². The Hall–Kier alpha value is -1.22. The van der Waals surface area contributed by atoms with Gasteiger partial charge in [-0.2, -0.15) is 0 Å². The van der Waals surface area contributed by atoms with Crippen molar-refractivity contribution in [3.8, 4) is 0 Å². The molecule has 2 aromatic rings. The summed E-state index contributed by atoms with van der Waals surface area (Å²) in [6.45, 7) is 4.25. The van der Waals surface area contributed by atoms with E-state index in [1.807, 2.05) is 18.2 Å². The third kappa shape index (κ3) is 2.00. The molecule has 1 aromatic carbocycles. The number of imidazole rings is 1. The predicted molar refractivity (Wildman–Crippen MR) is 67.0 cm³/mol. The number of H-pyrrole nitrogens is 2.